The number of pyridine rings is 1. The predicted octanol–water partition coefficient (Wildman–Crippen LogP) is 3.07. The molecule has 1 N–H and O–H groups in total. The molecule has 0 saturated carbocycles. The number of nitrogens with one attached hydrogen (secondary N) is 1. The molecule has 0 radical (unpaired) electrons. The van der Waals surface area contributed by atoms with Crippen molar-refractivity contribution in [2.24, 2.45) is 0 Å². The van der Waals surface area contributed by atoms with Crippen molar-refractivity contribution in [3.8, 4) is 0 Å². The summed E-state index contributed by atoms with van der Waals surface area (Å²) >= 11 is 5.17. The van der Waals surface area contributed by atoms with Gasteiger partial charge in [0, 0.05) is 17.6 Å². The van der Waals surface area contributed by atoms with E-state index in [1.165, 1.54) is 0 Å². The van der Waals surface area contributed by atoms with Gasteiger partial charge < -0.3 is 4.98 Å². The summed E-state index contributed by atoms with van der Waals surface area (Å²) in [6.07, 6.45) is -7.60. The first-order valence-electron chi connectivity index (χ1n) is 3.94. The lowest BCUT2D eigenvalue weighted by Gasteiger charge is -2.13. The maximum atomic E-state index is 12.4. The number of aromatic amines is 1. The SMILES string of the molecule is O=c1[nH]cc(C(F)F)c(CCl)c1C(F)(F)F. The van der Waals surface area contributed by atoms with Crippen LogP contribution in [0.3, 0.4) is 0 Å². The highest BCUT2D eigenvalue weighted by atomic mass is 35.5. The molecular weight excluding hydrogens is 257 g/mol. The Kier molecular flexibility index (Phi) is 3.57. The van der Waals surface area contributed by atoms with E-state index in [0.29, 0.717) is 6.20 Å². The van der Waals surface area contributed by atoms with Crippen LogP contribution in [0.25, 0.3) is 0 Å². The molecule has 0 aromatic carbocycles. The average molecular weight is 262 g/mol. The van der Waals surface area contributed by atoms with E-state index in [1.807, 2.05) is 0 Å². The van der Waals surface area contributed by atoms with Crippen LogP contribution in [0.4, 0.5) is 22.0 Å². The summed E-state index contributed by atoms with van der Waals surface area (Å²) in [6.45, 7) is 0. The van der Waals surface area contributed by atoms with Crippen molar-refractivity contribution in [1.29, 1.82) is 0 Å². The van der Waals surface area contributed by atoms with Gasteiger partial charge in [-0.1, -0.05) is 0 Å². The Balaban J connectivity index is 3.58. The second-order valence-electron chi connectivity index (χ2n) is 2.86. The van der Waals surface area contributed by atoms with Gasteiger partial charge in [-0.05, 0) is 5.56 Å². The molecule has 0 aliphatic heterocycles. The van der Waals surface area contributed by atoms with Crippen molar-refractivity contribution < 1.29 is 22.0 Å². The predicted molar refractivity (Wildman–Crippen MR) is 46.6 cm³/mol. The van der Waals surface area contributed by atoms with E-state index >= 15 is 0 Å². The van der Waals surface area contributed by atoms with Crippen LogP contribution in [0.5, 0.6) is 0 Å². The quantitative estimate of drug-likeness (QED) is 0.644. The summed E-state index contributed by atoms with van der Waals surface area (Å²) in [5.41, 5.74) is -4.94. The zero-order valence-corrected chi connectivity index (χ0v) is 8.29. The molecule has 0 aliphatic carbocycles. The molecule has 0 bridgehead atoms. The summed E-state index contributed by atoms with van der Waals surface area (Å²) in [4.78, 5) is 12.6. The third-order valence-corrected chi connectivity index (χ3v) is 2.16. The molecule has 1 aromatic heterocycles. The highest BCUT2D eigenvalue weighted by molar-refractivity contribution is 6.17. The Labute approximate surface area is 91.0 Å². The van der Waals surface area contributed by atoms with Crippen molar-refractivity contribution in [3.63, 3.8) is 0 Å². The maximum absolute atomic E-state index is 12.4. The van der Waals surface area contributed by atoms with Crippen LogP contribution in [-0.4, -0.2) is 4.98 Å². The molecule has 8 heteroatoms. The van der Waals surface area contributed by atoms with Crippen LogP contribution < -0.4 is 5.56 Å². The molecule has 0 spiro atoms. The van der Waals surface area contributed by atoms with E-state index < -0.39 is 40.7 Å². The van der Waals surface area contributed by atoms with Gasteiger partial charge in [-0.15, -0.1) is 11.6 Å². The summed E-state index contributed by atoms with van der Waals surface area (Å²) in [6, 6.07) is 0. The normalized spacial score (nSPS) is 12.2. The Hall–Kier alpha value is -1.11. The van der Waals surface area contributed by atoms with Crippen LogP contribution in [0.1, 0.15) is 23.1 Å². The number of hydrogen-bond donors (Lipinski definition) is 1. The summed E-state index contributed by atoms with van der Waals surface area (Å²) < 4.78 is 62.0. The molecule has 0 aliphatic rings. The van der Waals surface area contributed by atoms with Crippen molar-refractivity contribution >= 4 is 11.6 Å². The van der Waals surface area contributed by atoms with Crippen molar-refractivity contribution in [2.45, 2.75) is 18.5 Å². The van der Waals surface area contributed by atoms with E-state index in [1.54, 1.807) is 4.98 Å². The van der Waals surface area contributed by atoms with Gasteiger partial charge >= 0.3 is 6.18 Å². The molecule has 2 nitrogen and oxygen atoms in total. The number of rotatable bonds is 2. The van der Waals surface area contributed by atoms with Crippen LogP contribution in [0.15, 0.2) is 11.0 Å². The van der Waals surface area contributed by atoms with Gasteiger partial charge in [-0.3, -0.25) is 4.79 Å². The minimum absolute atomic E-state index is 0.542. The van der Waals surface area contributed by atoms with Gasteiger partial charge in [0.2, 0.25) is 0 Å². The number of H-pyrrole nitrogens is 1. The smallest absolute Gasteiger partial charge is 0.328 e. The maximum Gasteiger partial charge on any atom is 0.422 e. The van der Waals surface area contributed by atoms with Gasteiger partial charge in [-0.25, -0.2) is 8.78 Å². The Morgan fingerprint density at radius 1 is 1.38 bits per heavy atom. The van der Waals surface area contributed by atoms with Crippen LogP contribution in [0.2, 0.25) is 0 Å². The molecule has 0 amide bonds. The number of aromatic nitrogens is 1. The fourth-order valence-corrected chi connectivity index (χ4v) is 1.51. The molecule has 16 heavy (non-hydrogen) atoms. The fraction of sp³-hybridized carbons (Fsp3) is 0.375. The Morgan fingerprint density at radius 2 is 1.94 bits per heavy atom. The standard InChI is InChI=1S/C8H5ClF5NO/c9-1-3-4(6(10)11)2-15-7(16)5(3)8(12,13)14/h2,6H,1H2,(H,15,16). The molecule has 1 heterocycles. The highest BCUT2D eigenvalue weighted by Gasteiger charge is 2.38. The Morgan fingerprint density at radius 3 is 2.31 bits per heavy atom. The molecule has 0 atom stereocenters. The molecule has 0 fully saturated rings. The fourth-order valence-electron chi connectivity index (χ4n) is 1.22. The first kappa shape index (κ1) is 13.0. The third-order valence-electron chi connectivity index (χ3n) is 1.89. The van der Waals surface area contributed by atoms with E-state index in [9.17, 15) is 26.7 Å². The summed E-state index contributed by atoms with van der Waals surface area (Å²) in [5, 5.41) is 0. The molecule has 1 aromatic rings. The lowest BCUT2D eigenvalue weighted by atomic mass is 10.1. The van der Waals surface area contributed by atoms with Crippen molar-refractivity contribution in [2.75, 3.05) is 0 Å². The van der Waals surface area contributed by atoms with Crippen molar-refractivity contribution in [3.05, 3.63) is 33.2 Å². The molecule has 0 unspecified atom stereocenters. The minimum atomic E-state index is -5.01. The van der Waals surface area contributed by atoms with Gasteiger partial charge in [0.15, 0.2) is 0 Å². The second kappa shape index (κ2) is 4.40. The van der Waals surface area contributed by atoms with Gasteiger partial charge in [-0.2, -0.15) is 13.2 Å². The van der Waals surface area contributed by atoms with E-state index in [0.717, 1.165) is 0 Å². The largest absolute Gasteiger partial charge is 0.422 e. The lowest BCUT2D eigenvalue weighted by Crippen LogP contribution is -2.25. The highest BCUT2D eigenvalue weighted by Crippen LogP contribution is 2.34. The summed E-state index contributed by atoms with van der Waals surface area (Å²) in [5.74, 6) is -0.807. The van der Waals surface area contributed by atoms with Gasteiger partial charge in [0.1, 0.15) is 5.56 Å². The molecule has 0 saturated heterocycles. The molecular formula is C8H5ClF5NO. The number of hydrogen-bond acceptors (Lipinski definition) is 1. The third kappa shape index (κ3) is 2.34. The van der Waals surface area contributed by atoms with Crippen LogP contribution >= 0.6 is 11.6 Å². The lowest BCUT2D eigenvalue weighted by molar-refractivity contribution is -0.139. The zero-order valence-electron chi connectivity index (χ0n) is 7.54. The molecule has 90 valence electrons. The van der Waals surface area contributed by atoms with Crippen LogP contribution in [0, 0.1) is 0 Å². The van der Waals surface area contributed by atoms with E-state index in [4.69, 9.17) is 11.6 Å². The van der Waals surface area contributed by atoms with Gasteiger partial charge in [0.25, 0.3) is 12.0 Å². The number of halogens is 6. The summed E-state index contributed by atoms with van der Waals surface area (Å²) in [7, 11) is 0. The monoisotopic (exact) mass is 261 g/mol. The average Bonchev–Trinajstić information content (AvgIpc) is 2.14. The van der Waals surface area contributed by atoms with E-state index in [-0.39, 0.29) is 0 Å². The second-order valence-corrected chi connectivity index (χ2v) is 3.13. The Bertz CT molecular complexity index is 439. The topological polar surface area (TPSA) is 32.9 Å². The number of alkyl halides is 6. The van der Waals surface area contributed by atoms with E-state index in [2.05, 4.69) is 0 Å². The van der Waals surface area contributed by atoms with Gasteiger partial charge in [0.05, 0.1) is 0 Å². The zero-order chi connectivity index (χ0) is 12.5. The molecule has 1 rings (SSSR count). The first-order valence-corrected chi connectivity index (χ1v) is 4.48. The minimum Gasteiger partial charge on any atom is -0.328 e. The first-order chi connectivity index (χ1) is 7.29. The van der Waals surface area contributed by atoms with Crippen molar-refractivity contribution in [1.82, 2.24) is 4.98 Å². The van der Waals surface area contributed by atoms with Crippen LogP contribution in [-0.2, 0) is 12.1 Å².